The molecule has 3 nitrogen and oxygen atoms in total. The molecule has 0 bridgehead atoms. The van der Waals surface area contributed by atoms with Gasteiger partial charge >= 0.3 is 0 Å². The van der Waals surface area contributed by atoms with E-state index in [0.29, 0.717) is 12.0 Å². The zero-order chi connectivity index (χ0) is 11.1. The fourth-order valence-corrected chi connectivity index (χ4v) is 2.56. The van der Waals surface area contributed by atoms with Crippen molar-refractivity contribution in [3.05, 3.63) is 18.2 Å². The Morgan fingerprint density at radius 3 is 2.80 bits per heavy atom. The average molecular weight is 207 g/mol. The molecule has 0 amide bonds. The first-order chi connectivity index (χ1) is 7.02. The fraction of sp³-hybridized carbons (Fsp3) is 0.750. The summed E-state index contributed by atoms with van der Waals surface area (Å²) in [5.41, 5.74) is 1.58. The Bertz CT molecular complexity index is 338. The van der Waals surface area contributed by atoms with Gasteiger partial charge in [0, 0.05) is 29.4 Å². The summed E-state index contributed by atoms with van der Waals surface area (Å²) in [7, 11) is 0. The topological polar surface area (TPSA) is 29.9 Å². The van der Waals surface area contributed by atoms with E-state index < -0.39 is 0 Å². The highest BCUT2D eigenvalue weighted by Gasteiger charge is 2.37. The minimum absolute atomic E-state index is 0.201. The van der Waals surface area contributed by atoms with E-state index in [-0.39, 0.29) is 5.54 Å². The molecule has 1 aromatic heterocycles. The first-order valence-electron chi connectivity index (χ1n) is 5.79. The van der Waals surface area contributed by atoms with Crippen LogP contribution in [0.15, 0.2) is 12.5 Å². The highest BCUT2D eigenvalue weighted by atomic mass is 15.1. The van der Waals surface area contributed by atoms with Gasteiger partial charge in [-0.15, -0.1) is 0 Å². The first-order valence-corrected chi connectivity index (χ1v) is 5.79. The Morgan fingerprint density at radius 1 is 1.53 bits per heavy atom. The molecule has 0 spiro atoms. The smallest absolute Gasteiger partial charge is 0.0950 e. The van der Waals surface area contributed by atoms with Crippen molar-refractivity contribution in [2.24, 2.45) is 0 Å². The van der Waals surface area contributed by atoms with E-state index in [2.05, 4.69) is 42.6 Å². The van der Waals surface area contributed by atoms with E-state index >= 15 is 0 Å². The molecule has 3 heteroatoms. The third kappa shape index (κ3) is 1.81. The third-order valence-electron chi connectivity index (χ3n) is 3.49. The normalized spacial score (nSPS) is 25.0. The summed E-state index contributed by atoms with van der Waals surface area (Å²) < 4.78 is 2.29. The maximum absolute atomic E-state index is 4.29. The predicted molar refractivity (Wildman–Crippen MR) is 62.1 cm³/mol. The van der Waals surface area contributed by atoms with Crippen molar-refractivity contribution in [1.29, 1.82) is 0 Å². The van der Waals surface area contributed by atoms with Gasteiger partial charge in [0.05, 0.1) is 6.33 Å². The lowest BCUT2D eigenvalue weighted by Crippen LogP contribution is -2.37. The molecule has 0 aliphatic carbocycles. The minimum Gasteiger partial charge on any atom is -0.332 e. The van der Waals surface area contributed by atoms with Crippen LogP contribution in [0.3, 0.4) is 0 Å². The SMILES string of the molecule is CC(C)n1cncc1C1CCNC1(C)C. The number of hydrogen-bond donors (Lipinski definition) is 1. The van der Waals surface area contributed by atoms with Gasteiger partial charge in [-0.2, -0.15) is 0 Å². The number of nitrogens with one attached hydrogen (secondary N) is 1. The van der Waals surface area contributed by atoms with Crippen LogP contribution in [-0.2, 0) is 0 Å². The van der Waals surface area contributed by atoms with E-state index in [0.717, 1.165) is 6.54 Å². The summed E-state index contributed by atoms with van der Waals surface area (Å²) in [5.74, 6) is 0.586. The molecule has 0 aromatic carbocycles. The van der Waals surface area contributed by atoms with Gasteiger partial charge in [0.1, 0.15) is 0 Å². The third-order valence-corrected chi connectivity index (χ3v) is 3.49. The van der Waals surface area contributed by atoms with Crippen molar-refractivity contribution in [3.8, 4) is 0 Å². The van der Waals surface area contributed by atoms with Crippen molar-refractivity contribution in [2.45, 2.75) is 51.6 Å². The Hall–Kier alpha value is -0.830. The molecule has 1 N–H and O–H groups in total. The largest absolute Gasteiger partial charge is 0.332 e. The molecule has 1 aromatic rings. The molecule has 0 saturated carbocycles. The molecule has 84 valence electrons. The van der Waals surface area contributed by atoms with Crippen molar-refractivity contribution < 1.29 is 0 Å². The van der Waals surface area contributed by atoms with Crippen LogP contribution in [0.5, 0.6) is 0 Å². The second-order valence-electron chi connectivity index (χ2n) is 5.31. The molecule has 1 fully saturated rings. The van der Waals surface area contributed by atoms with Crippen LogP contribution in [0.25, 0.3) is 0 Å². The summed E-state index contributed by atoms with van der Waals surface area (Å²) in [5, 5.41) is 3.56. The van der Waals surface area contributed by atoms with Crippen molar-refractivity contribution in [2.75, 3.05) is 6.54 Å². The second kappa shape index (κ2) is 3.63. The molecule has 15 heavy (non-hydrogen) atoms. The minimum atomic E-state index is 0.201. The molecule has 1 unspecified atom stereocenters. The van der Waals surface area contributed by atoms with Crippen LogP contribution in [-0.4, -0.2) is 21.6 Å². The monoisotopic (exact) mass is 207 g/mol. The number of nitrogens with zero attached hydrogens (tertiary/aromatic N) is 2. The van der Waals surface area contributed by atoms with Crippen molar-refractivity contribution in [1.82, 2.24) is 14.9 Å². The summed E-state index contributed by atoms with van der Waals surface area (Å²) in [6, 6.07) is 0.499. The average Bonchev–Trinajstić information content (AvgIpc) is 2.69. The zero-order valence-electron chi connectivity index (χ0n) is 10.1. The maximum atomic E-state index is 4.29. The van der Waals surface area contributed by atoms with Gasteiger partial charge in [0.25, 0.3) is 0 Å². The van der Waals surface area contributed by atoms with Crippen LogP contribution in [0.1, 0.15) is 51.8 Å². The summed E-state index contributed by atoms with van der Waals surface area (Å²) >= 11 is 0. The fourth-order valence-electron chi connectivity index (χ4n) is 2.56. The molecule has 1 aliphatic heterocycles. The van der Waals surface area contributed by atoms with E-state index in [1.807, 2.05) is 12.5 Å². The Kier molecular flexibility index (Phi) is 2.59. The van der Waals surface area contributed by atoms with Crippen LogP contribution in [0.2, 0.25) is 0 Å². The number of imidazole rings is 1. The highest BCUT2D eigenvalue weighted by Crippen LogP contribution is 2.35. The van der Waals surface area contributed by atoms with E-state index in [9.17, 15) is 0 Å². The molecule has 0 radical (unpaired) electrons. The summed E-state index contributed by atoms with van der Waals surface area (Å²) in [4.78, 5) is 4.29. The van der Waals surface area contributed by atoms with Crippen LogP contribution in [0.4, 0.5) is 0 Å². The second-order valence-corrected chi connectivity index (χ2v) is 5.31. The van der Waals surface area contributed by atoms with Gasteiger partial charge in [0.15, 0.2) is 0 Å². The number of rotatable bonds is 2. The van der Waals surface area contributed by atoms with Crippen molar-refractivity contribution in [3.63, 3.8) is 0 Å². The quantitative estimate of drug-likeness (QED) is 0.806. The molecule has 1 aliphatic rings. The van der Waals surface area contributed by atoms with Crippen molar-refractivity contribution >= 4 is 0 Å². The predicted octanol–water partition coefficient (Wildman–Crippen LogP) is 2.32. The van der Waals surface area contributed by atoms with Crippen LogP contribution >= 0.6 is 0 Å². The molecule has 2 heterocycles. The summed E-state index contributed by atoms with van der Waals surface area (Å²) in [6.45, 7) is 10.1. The number of aromatic nitrogens is 2. The molecular formula is C12H21N3. The van der Waals surface area contributed by atoms with Gasteiger partial charge in [0.2, 0.25) is 0 Å². The van der Waals surface area contributed by atoms with Gasteiger partial charge in [-0.3, -0.25) is 0 Å². The molecular weight excluding hydrogens is 186 g/mol. The Labute approximate surface area is 91.9 Å². The van der Waals surface area contributed by atoms with Crippen LogP contribution in [0, 0.1) is 0 Å². The first kappa shape index (κ1) is 10.7. The van der Waals surface area contributed by atoms with Gasteiger partial charge in [-0.05, 0) is 40.7 Å². The summed E-state index contributed by atoms with van der Waals surface area (Å²) in [6.07, 6.45) is 5.19. The van der Waals surface area contributed by atoms with E-state index in [4.69, 9.17) is 0 Å². The van der Waals surface area contributed by atoms with Crippen LogP contribution < -0.4 is 5.32 Å². The van der Waals surface area contributed by atoms with Gasteiger partial charge in [-0.1, -0.05) is 0 Å². The highest BCUT2D eigenvalue weighted by molar-refractivity contribution is 5.17. The van der Waals surface area contributed by atoms with E-state index in [1.165, 1.54) is 12.1 Å². The lowest BCUT2D eigenvalue weighted by molar-refractivity contribution is 0.389. The standard InChI is InChI=1S/C12H21N3/c1-9(2)15-8-13-7-11(15)10-5-6-14-12(10,3)4/h7-10,14H,5-6H2,1-4H3. The Balaban J connectivity index is 2.33. The molecule has 1 saturated heterocycles. The molecule has 2 rings (SSSR count). The maximum Gasteiger partial charge on any atom is 0.0950 e. The molecule has 1 atom stereocenters. The Morgan fingerprint density at radius 2 is 2.27 bits per heavy atom. The number of hydrogen-bond acceptors (Lipinski definition) is 2. The van der Waals surface area contributed by atoms with Gasteiger partial charge < -0.3 is 9.88 Å². The lowest BCUT2D eigenvalue weighted by atomic mass is 9.86. The lowest BCUT2D eigenvalue weighted by Gasteiger charge is -2.28. The van der Waals surface area contributed by atoms with Gasteiger partial charge in [-0.25, -0.2) is 4.98 Å². The zero-order valence-corrected chi connectivity index (χ0v) is 10.1. The van der Waals surface area contributed by atoms with E-state index in [1.54, 1.807) is 0 Å².